The third kappa shape index (κ3) is 2.27. The van der Waals surface area contributed by atoms with E-state index in [2.05, 4.69) is 9.82 Å². The van der Waals surface area contributed by atoms with E-state index in [9.17, 15) is 8.42 Å². The molecule has 7 heteroatoms. The molecule has 0 saturated carbocycles. The normalized spacial score (nSPS) is 11.8. The molecule has 0 aliphatic rings. The highest BCUT2D eigenvalue weighted by Crippen LogP contribution is 2.04. The lowest BCUT2D eigenvalue weighted by Gasteiger charge is -1.98. The van der Waals surface area contributed by atoms with E-state index in [1.165, 1.54) is 19.6 Å². The molecule has 1 aromatic heterocycles. The van der Waals surface area contributed by atoms with Crippen LogP contribution in [0.15, 0.2) is 17.6 Å². The molecule has 0 unspecified atom stereocenters. The second kappa shape index (κ2) is 3.86. The van der Waals surface area contributed by atoms with Crippen molar-refractivity contribution in [1.29, 1.82) is 0 Å². The van der Waals surface area contributed by atoms with E-state index < -0.39 is 10.0 Å². The molecule has 0 saturated heterocycles. The zero-order valence-corrected chi connectivity index (χ0v) is 8.21. The van der Waals surface area contributed by atoms with Crippen molar-refractivity contribution in [1.82, 2.24) is 14.4 Å². The highest BCUT2D eigenvalue weighted by Gasteiger charge is 2.16. The molecule has 0 aliphatic carbocycles. The standard InChI is InChI=1S/C6H11N3O3S/c1-3-9-4-6(7-5-9)13(10,11)8-12-2/h4-5,8H,3H2,1-2H3. The van der Waals surface area contributed by atoms with E-state index in [1.54, 1.807) is 4.57 Å². The molecular weight excluding hydrogens is 194 g/mol. The van der Waals surface area contributed by atoms with Gasteiger partial charge in [-0.15, -0.1) is 0 Å². The Morgan fingerprint density at radius 1 is 1.69 bits per heavy atom. The van der Waals surface area contributed by atoms with Crippen molar-refractivity contribution in [3.63, 3.8) is 0 Å². The smallest absolute Gasteiger partial charge is 0.281 e. The Kier molecular flexibility index (Phi) is 3.02. The topological polar surface area (TPSA) is 73.2 Å². The van der Waals surface area contributed by atoms with Gasteiger partial charge in [0.1, 0.15) is 0 Å². The summed E-state index contributed by atoms with van der Waals surface area (Å²) >= 11 is 0. The van der Waals surface area contributed by atoms with E-state index >= 15 is 0 Å². The molecule has 0 amide bonds. The Bertz CT molecular complexity index is 370. The molecule has 0 bridgehead atoms. The van der Waals surface area contributed by atoms with Gasteiger partial charge in [0.05, 0.1) is 13.4 Å². The van der Waals surface area contributed by atoms with Crippen molar-refractivity contribution >= 4 is 10.0 Å². The van der Waals surface area contributed by atoms with Crippen LogP contribution in [0, 0.1) is 0 Å². The van der Waals surface area contributed by atoms with Gasteiger partial charge in [-0.3, -0.25) is 4.84 Å². The number of rotatable bonds is 4. The van der Waals surface area contributed by atoms with E-state index in [4.69, 9.17) is 0 Å². The number of imidazole rings is 1. The number of sulfonamides is 1. The Morgan fingerprint density at radius 2 is 2.38 bits per heavy atom. The van der Waals surface area contributed by atoms with Crippen LogP contribution in [0.3, 0.4) is 0 Å². The van der Waals surface area contributed by atoms with Gasteiger partial charge in [-0.25, -0.2) is 13.4 Å². The Labute approximate surface area is 76.5 Å². The summed E-state index contributed by atoms with van der Waals surface area (Å²) in [5.74, 6) is 0. The molecule has 13 heavy (non-hydrogen) atoms. The average molecular weight is 205 g/mol. The number of hydrogen-bond acceptors (Lipinski definition) is 4. The van der Waals surface area contributed by atoms with Gasteiger partial charge in [0.25, 0.3) is 10.0 Å². The summed E-state index contributed by atoms with van der Waals surface area (Å²) in [4.78, 5) is 9.90. The molecule has 0 atom stereocenters. The largest absolute Gasteiger partial charge is 0.336 e. The molecular formula is C6H11N3O3S. The fourth-order valence-corrected chi connectivity index (χ4v) is 1.57. The monoisotopic (exact) mass is 205 g/mol. The zero-order valence-electron chi connectivity index (χ0n) is 7.39. The van der Waals surface area contributed by atoms with Gasteiger partial charge in [0, 0.05) is 12.7 Å². The Hall–Kier alpha value is -0.920. The molecule has 0 aromatic carbocycles. The molecule has 74 valence electrons. The van der Waals surface area contributed by atoms with Crippen LogP contribution in [0.2, 0.25) is 0 Å². The fraction of sp³-hybridized carbons (Fsp3) is 0.500. The summed E-state index contributed by atoms with van der Waals surface area (Å²) in [7, 11) is -2.37. The number of aromatic nitrogens is 2. The second-order valence-electron chi connectivity index (χ2n) is 2.33. The van der Waals surface area contributed by atoms with Gasteiger partial charge in [-0.2, -0.15) is 0 Å². The van der Waals surface area contributed by atoms with Gasteiger partial charge >= 0.3 is 0 Å². The van der Waals surface area contributed by atoms with Crippen LogP contribution < -0.4 is 4.89 Å². The highest BCUT2D eigenvalue weighted by molar-refractivity contribution is 7.89. The number of nitrogens with zero attached hydrogens (tertiary/aromatic N) is 2. The maximum Gasteiger partial charge on any atom is 0.281 e. The van der Waals surface area contributed by atoms with E-state index in [-0.39, 0.29) is 5.03 Å². The van der Waals surface area contributed by atoms with Crippen molar-refractivity contribution in [3.8, 4) is 0 Å². The first kappa shape index (κ1) is 10.2. The lowest BCUT2D eigenvalue weighted by molar-refractivity contribution is 0.153. The predicted octanol–water partition coefficient (Wildman–Crippen LogP) is -0.257. The van der Waals surface area contributed by atoms with Crippen molar-refractivity contribution in [2.45, 2.75) is 18.5 Å². The van der Waals surface area contributed by atoms with Crippen molar-refractivity contribution in [2.75, 3.05) is 7.11 Å². The van der Waals surface area contributed by atoms with Crippen LogP contribution in [0.5, 0.6) is 0 Å². The molecule has 1 rings (SSSR count). The van der Waals surface area contributed by atoms with E-state index in [0.29, 0.717) is 6.54 Å². The maximum absolute atomic E-state index is 11.2. The fourth-order valence-electron chi connectivity index (χ4n) is 0.804. The molecule has 6 nitrogen and oxygen atoms in total. The lowest BCUT2D eigenvalue weighted by Crippen LogP contribution is -2.22. The van der Waals surface area contributed by atoms with Crippen LogP contribution >= 0.6 is 0 Å². The van der Waals surface area contributed by atoms with Crippen LogP contribution in [0.25, 0.3) is 0 Å². The molecule has 1 N–H and O–H groups in total. The summed E-state index contributed by atoms with van der Waals surface area (Å²) in [6.45, 7) is 2.57. The van der Waals surface area contributed by atoms with Crippen LogP contribution in [-0.4, -0.2) is 25.1 Å². The predicted molar refractivity (Wildman–Crippen MR) is 45.2 cm³/mol. The van der Waals surface area contributed by atoms with Gasteiger partial charge < -0.3 is 4.57 Å². The van der Waals surface area contributed by atoms with Crippen LogP contribution in [-0.2, 0) is 21.4 Å². The average Bonchev–Trinajstić information content (AvgIpc) is 2.52. The summed E-state index contributed by atoms with van der Waals surface area (Å²) in [6, 6.07) is 0. The summed E-state index contributed by atoms with van der Waals surface area (Å²) in [5, 5.41) is -0.0452. The summed E-state index contributed by atoms with van der Waals surface area (Å²) in [6.07, 6.45) is 2.88. The van der Waals surface area contributed by atoms with E-state index in [0.717, 1.165) is 0 Å². The van der Waals surface area contributed by atoms with Gasteiger partial charge in [-0.05, 0) is 6.92 Å². The number of nitrogens with one attached hydrogen (secondary N) is 1. The second-order valence-corrected chi connectivity index (χ2v) is 3.93. The number of hydrogen-bond donors (Lipinski definition) is 1. The summed E-state index contributed by atoms with van der Waals surface area (Å²) < 4.78 is 24.2. The minimum absolute atomic E-state index is 0.0452. The van der Waals surface area contributed by atoms with Crippen LogP contribution in [0.1, 0.15) is 6.92 Å². The molecule has 1 heterocycles. The molecule has 1 aromatic rings. The highest BCUT2D eigenvalue weighted by atomic mass is 32.2. The minimum Gasteiger partial charge on any atom is -0.336 e. The third-order valence-corrected chi connectivity index (χ3v) is 2.59. The minimum atomic E-state index is -3.60. The zero-order chi connectivity index (χ0) is 9.90. The molecule has 0 spiro atoms. The molecule has 0 fully saturated rings. The quantitative estimate of drug-likeness (QED) is 0.687. The van der Waals surface area contributed by atoms with Gasteiger partial charge in [-0.1, -0.05) is 4.89 Å². The molecule has 0 aliphatic heterocycles. The van der Waals surface area contributed by atoms with Crippen molar-refractivity contribution in [3.05, 3.63) is 12.5 Å². The van der Waals surface area contributed by atoms with E-state index in [1.807, 2.05) is 11.8 Å². The maximum atomic E-state index is 11.2. The Balaban J connectivity index is 2.94. The number of aryl methyl sites for hydroxylation is 1. The SMILES string of the molecule is CCn1cnc(S(=O)(=O)NOC)c1. The van der Waals surface area contributed by atoms with Gasteiger partial charge in [0.2, 0.25) is 0 Å². The molecule has 0 radical (unpaired) electrons. The van der Waals surface area contributed by atoms with Crippen molar-refractivity contribution in [2.24, 2.45) is 0 Å². The third-order valence-electron chi connectivity index (χ3n) is 1.44. The Morgan fingerprint density at radius 3 is 2.85 bits per heavy atom. The summed E-state index contributed by atoms with van der Waals surface area (Å²) in [5.41, 5.74) is 0. The van der Waals surface area contributed by atoms with Gasteiger partial charge in [0.15, 0.2) is 5.03 Å². The first-order valence-corrected chi connectivity index (χ1v) is 5.15. The first-order valence-electron chi connectivity index (χ1n) is 3.66. The van der Waals surface area contributed by atoms with Crippen molar-refractivity contribution < 1.29 is 13.3 Å². The van der Waals surface area contributed by atoms with Crippen LogP contribution in [0.4, 0.5) is 0 Å². The lowest BCUT2D eigenvalue weighted by atomic mass is 10.7. The first-order chi connectivity index (χ1) is 6.10.